The highest BCUT2D eigenvalue weighted by Gasteiger charge is 2.24. The first-order valence-corrected chi connectivity index (χ1v) is 6.62. The summed E-state index contributed by atoms with van der Waals surface area (Å²) in [6.45, 7) is 2.95. The van der Waals surface area contributed by atoms with Crippen LogP contribution in [0.4, 0.5) is 5.13 Å². The Morgan fingerprint density at radius 3 is 3.24 bits per heavy atom. The third kappa shape index (κ3) is 3.41. The number of hydrogen-bond acceptors (Lipinski definition) is 5. The number of carbonyl (C=O) groups excluding carboxylic acids is 1. The Labute approximate surface area is 105 Å². The largest absolute Gasteiger partial charge is 0.375 e. The number of aromatic nitrogens is 1. The third-order valence-electron chi connectivity index (χ3n) is 3.07. The van der Waals surface area contributed by atoms with E-state index in [1.165, 1.54) is 16.2 Å². The van der Waals surface area contributed by atoms with Crippen molar-refractivity contribution >= 4 is 22.4 Å². The van der Waals surface area contributed by atoms with Crippen LogP contribution in [0.1, 0.15) is 17.7 Å². The van der Waals surface area contributed by atoms with Crippen LogP contribution in [-0.2, 0) is 11.3 Å². The van der Waals surface area contributed by atoms with Crippen LogP contribution in [0.2, 0.25) is 0 Å². The molecule has 0 radical (unpaired) electrons. The first-order valence-electron chi connectivity index (χ1n) is 5.80. The van der Waals surface area contributed by atoms with E-state index in [4.69, 9.17) is 5.73 Å². The van der Waals surface area contributed by atoms with Gasteiger partial charge in [0, 0.05) is 37.6 Å². The fraction of sp³-hybridized carbons (Fsp3) is 0.636. The molecule has 0 bridgehead atoms. The van der Waals surface area contributed by atoms with Crippen LogP contribution in [-0.4, -0.2) is 35.9 Å². The molecule has 2 rings (SSSR count). The number of anilines is 1. The summed E-state index contributed by atoms with van der Waals surface area (Å²) in [5.41, 5.74) is 5.60. The number of hydrogen-bond donors (Lipinski definition) is 2. The molecule has 1 aliphatic rings. The van der Waals surface area contributed by atoms with Gasteiger partial charge in [0.2, 0.25) is 5.91 Å². The SMILES string of the molecule is CNC(=O)C[C@@H]1CCN(Cc2cnc(N)s2)C1. The Morgan fingerprint density at radius 2 is 2.59 bits per heavy atom. The molecule has 94 valence electrons. The third-order valence-corrected chi connectivity index (χ3v) is 3.89. The topological polar surface area (TPSA) is 71.2 Å². The highest BCUT2D eigenvalue weighted by molar-refractivity contribution is 7.15. The molecule has 1 aromatic heterocycles. The van der Waals surface area contributed by atoms with E-state index in [-0.39, 0.29) is 5.91 Å². The van der Waals surface area contributed by atoms with E-state index in [2.05, 4.69) is 15.2 Å². The Bertz CT molecular complexity index is 393. The van der Waals surface area contributed by atoms with Gasteiger partial charge in [-0.3, -0.25) is 9.69 Å². The van der Waals surface area contributed by atoms with E-state index in [1.54, 1.807) is 7.05 Å². The Kier molecular flexibility index (Phi) is 3.96. The van der Waals surface area contributed by atoms with Crippen LogP contribution in [0.5, 0.6) is 0 Å². The number of likely N-dealkylation sites (tertiary alicyclic amines) is 1. The zero-order valence-electron chi connectivity index (χ0n) is 9.98. The molecule has 1 aliphatic heterocycles. The van der Waals surface area contributed by atoms with Crippen molar-refractivity contribution in [2.75, 3.05) is 25.9 Å². The smallest absolute Gasteiger partial charge is 0.220 e. The van der Waals surface area contributed by atoms with Gasteiger partial charge in [0.1, 0.15) is 0 Å². The van der Waals surface area contributed by atoms with Gasteiger partial charge in [0.05, 0.1) is 0 Å². The van der Waals surface area contributed by atoms with Gasteiger partial charge >= 0.3 is 0 Å². The van der Waals surface area contributed by atoms with Crippen LogP contribution in [0, 0.1) is 5.92 Å². The predicted molar refractivity (Wildman–Crippen MR) is 68.6 cm³/mol. The van der Waals surface area contributed by atoms with Crippen LogP contribution in [0.25, 0.3) is 0 Å². The van der Waals surface area contributed by atoms with Crippen LogP contribution in [0.3, 0.4) is 0 Å². The summed E-state index contributed by atoms with van der Waals surface area (Å²) < 4.78 is 0. The molecule has 0 aliphatic carbocycles. The second-order valence-electron chi connectivity index (χ2n) is 4.43. The zero-order valence-corrected chi connectivity index (χ0v) is 10.8. The van der Waals surface area contributed by atoms with Gasteiger partial charge in [0.15, 0.2) is 5.13 Å². The Morgan fingerprint density at radius 1 is 1.76 bits per heavy atom. The van der Waals surface area contributed by atoms with Gasteiger partial charge in [-0.25, -0.2) is 4.98 Å². The zero-order chi connectivity index (χ0) is 12.3. The van der Waals surface area contributed by atoms with Crippen LogP contribution >= 0.6 is 11.3 Å². The fourth-order valence-electron chi connectivity index (χ4n) is 2.20. The summed E-state index contributed by atoms with van der Waals surface area (Å²) in [5, 5.41) is 3.30. The molecular weight excluding hydrogens is 236 g/mol. The van der Waals surface area contributed by atoms with Crippen molar-refractivity contribution in [3.05, 3.63) is 11.1 Å². The lowest BCUT2D eigenvalue weighted by Crippen LogP contribution is -2.24. The molecule has 1 aromatic rings. The molecule has 2 heterocycles. The average molecular weight is 254 g/mol. The number of nitrogens with two attached hydrogens (primary N) is 1. The number of carbonyl (C=O) groups is 1. The van der Waals surface area contributed by atoms with E-state index >= 15 is 0 Å². The second kappa shape index (κ2) is 5.46. The summed E-state index contributed by atoms with van der Waals surface area (Å²) in [7, 11) is 1.69. The quantitative estimate of drug-likeness (QED) is 0.829. The van der Waals surface area contributed by atoms with Gasteiger partial charge in [-0.15, -0.1) is 11.3 Å². The molecule has 1 saturated heterocycles. The van der Waals surface area contributed by atoms with Gasteiger partial charge in [0.25, 0.3) is 0 Å². The number of amides is 1. The van der Waals surface area contributed by atoms with E-state index in [0.717, 1.165) is 26.1 Å². The number of nitrogens with one attached hydrogen (secondary N) is 1. The van der Waals surface area contributed by atoms with E-state index in [0.29, 0.717) is 17.5 Å². The van der Waals surface area contributed by atoms with Crippen molar-refractivity contribution in [2.24, 2.45) is 5.92 Å². The molecule has 3 N–H and O–H groups in total. The van der Waals surface area contributed by atoms with Crippen molar-refractivity contribution in [1.82, 2.24) is 15.2 Å². The average Bonchev–Trinajstić information content (AvgIpc) is 2.89. The number of nitrogens with zero attached hydrogens (tertiary/aromatic N) is 2. The van der Waals surface area contributed by atoms with Crippen molar-refractivity contribution in [3.8, 4) is 0 Å². The summed E-state index contributed by atoms with van der Waals surface area (Å²) >= 11 is 1.54. The minimum Gasteiger partial charge on any atom is -0.375 e. The maximum absolute atomic E-state index is 11.3. The van der Waals surface area contributed by atoms with Crippen molar-refractivity contribution in [1.29, 1.82) is 0 Å². The summed E-state index contributed by atoms with van der Waals surface area (Å²) in [4.78, 5) is 18.9. The van der Waals surface area contributed by atoms with E-state index in [1.807, 2.05) is 6.20 Å². The maximum atomic E-state index is 11.3. The first-order chi connectivity index (χ1) is 8.17. The molecular formula is C11H18N4OS. The highest BCUT2D eigenvalue weighted by atomic mass is 32.1. The van der Waals surface area contributed by atoms with Gasteiger partial charge in [-0.05, 0) is 18.9 Å². The molecule has 5 nitrogen and oxygen atoms in total. The van der Waals surface area contributed by atoms with Gasteiger partial charge < -0.3 is 11.1 Å². The first kappa shape index (κ1) is 12.3. The summed E-state index contributed by atoms with van der Waals surface area (Å²) in [6.07, 6.45) is 3.58. The fourth-order valence-corrected chi connectivity index (χ4v) is 2.93. The number of rotatable bonds is 4. The molecule has 1 amide bonds. The highest BCUT2D eigenvalue weighted by Crippen LogP contribution is 2.23. The Hall–Kier alpha value is -1.14. The molecule has 0 unspecified atom stereocenters. The second-order valence-corrected chi connectivity index (χ2v) is 5.58. The van der Waals surface area contributed by atoms with Crippen LogP contribution < -0.4 is 11.1 Å². The molecule has 0 aromatic carbocycles. The molecule has 0 spiro atoms. The monoisotopic (exact) mass is 254 g/mol. The maximum Gasteiger partial charge on any atom is 0.220 e. The number of thiazole rings is 1. The summed E-state index contributed by atoms with van der Waals surface area (Å²) in [5.74, 6) is 0.624. The van der Waals surface area contributed by atoms with Gasteiger partial charge in [-0.1, -0.05) is 0 Å². The lowest BCUT2D eigenvalue weighted by molar-refractivity contribution is -0.121. The van der Waals surface area contributed by atoms with E-state index < -0.39 is 0 Å². The molecule has 0 saturated carbocycles. The van der Waals surface area contributed by atoms with Crippen molar-refractivity contribution in [2.45, 2.75) is 19.4 Å². The summed E-state index contributed by atoms with van der Waals surface area (Å²) in [6, 6.07) is 0. The normalized spacial score (nSPS) is 20.6. The van der Waals surface area contributed by atoms with Crippen molar-refractivity contribution < 1.29 is 4.79 Å². The lowest BCUT2D eigenvalue weighted by Gasteiger charge is -2.14. The molecule has 17 heavy (non-hydrogen) atoms. The lowest BCUT2D eigenvalue weighted by atomic mass is 10.1. The molecule has 1 fully saturated rings. The minimum atomic E-state index is 0.138. The van der Waals surface area contributed by atoms with Crippen molar-refractivity contribution in [3.63, 3.8) is 0 Å². The van der Waals surface area contributed by atoms with E-state index in [9.17, 15) is 4.79 Å². The predicted octanol–water partition coefficient (Wildman–Crippen LogP) is 0.683. The van der Waals surface area contributed by atoms with Gasteiger partial charge in [-0.2, -0.15) is 0 Å². The minimum absolute atomic E-state index is 0.138. The standard InChI is InChI=1S/C11H18N4OS/c1-13-10(16)4-8-2-3-15(6-8)7-9-5-14-11(12)17-9/h5,8H,2-4,6-7H2,1H3,(H2,12,14)(H,13,16)/t8-/m0/s1. The molecule has 1 atom stereocenters. The van der Waals surface area contributed by atoms with Crippen LogP contribution in [0.15, 0.2) is 6.20 Å². The Balaban J connectivity index is 1.80. The number of nitrogen functional groups attached to an aromatic ring is 1. The molecule has 6 heteroatoms.